The molecule has 0 bridgehead atoms. The molecule has 0 fully saturated rings. The minimum absolute atomic E-state index is 0.356. The lowest BCUT2D eigenvalue weighted by Crippen LogP contribution is -2.47. The van der Waals surface area contributed by atoms with E-state index in [9.17, 15) is 24.7 Å². The molecule has 0 aliphatic rings. The third kappa shape index (κ3) is 37.0. The van der Waals surface area contributed by atoms with Gasteiger partial charge in [-0.2, -0.15) is 0 Å². The highest BCUT2D eigenvalue weighted by atomic mass is 32.5. The molecule has 12 heteroatoms. The number of hydrogen-bond donors (Lipinski definition) is 5. The molecule has 0 aromatic carbocycles. The van der Waals surface area contributed by atoms with E-state index in [0.29, 0.717) is 13.0 Å². The molecule has 320 valence electrons. The van der Waals surface area contributed by atoms with Crippen LogP contribution < -0.4 is 0 Å². The maximum atomic E-state index is 10.6. The first-order valence-corrected chi connectivity index (χ1v) is 27.4. The molecular weight excluding hydrogens is 747 g/mol. The van der Waals surface area contributed by atoms with E-state index < -0.39 is 31.6 Å². The number of aliphatic hydroxyl groups is 1. The van der Waals surface area contributed by atoms with E-state index >= 15 is 0 Å². The number of aliphatic hydroxyl groups excluding tert-OH is 1. The Hall–Kier alpha value is 0.980. The van der Waals surface area contributed by atoms with Gasteiger partial charge in [-0.1, -0.05) is 213 Å². The van der Waals surface area contributed by atoms with Gasteiger partial charge in [0.1, 0.15) is 0 Å². The van der Waals surface area contributed by atoms with Crippen molar-refractivity contribution in [1.82, 2.24) is 0 Å². The van der Waals surface area contributed by atoms with Crippen molar-refractivity contribution in [2.75, 3.05) is 26.4 Å². The SMILES string of the molecule is CCCCCCCCCCCCCCCCCCOC(CCCCCCCCCCCCCCCCCC)C(CO)(COP(O)(O)=S)COP(O)(O)=S. The van der Waals surface area contributed by atoms with Crippen LogP contribution in [0.5, 0.6) is 0 Å². The largest absolute Gasteiger partial charge is 0.396 e. The first kappa shape index (κ1) is 54.0. The normalized spacial score (nSPS) is 13.3. The molecule has 5 N–H and O–H groups in total. The van der Waals surface area contributed by atoms with Gasteiger partial charge in [0, 0.05) is 6.61 Å². The van der Waals surface area contributed by atoms with E-state index in [4.69, 9.17) is 37.4 Å². The average molecular weight is 833 g/mol. The second-order valence-electron chi connectivity index (χ2n) is 15.8. The zero-order valence-corrected chi connectivity index (χ0v) is 37.8. The highest BCUT2D eigenvalue weighted by Crippen LogP contribution is 2.44. The Bertz CT molecular complexity index is 847. The monoisotopic (exact) mass is 833 g/mol. The fourth-order valence-electron chi connectivity index (χ4n) is 7.17. The first-order valence-electron chi connectivity index (χ1n) is 22.1. The number of hydrogen-bond acceptors (Lipinski definition) is 6. The second-order valence-corrected chi connectivity index (χ2v) is 21.1. The fraction of sp³-hybridized carbons (Fsp3) is 1.00. The highest BCUT2D eigenvalue weighted by molar-refractivity contribution is 8.07. The maximum absolute atomic E-state index is 10.6. The van der Waals surface area contributed by atoms with Crippen LogP contribution in [0.4, 0.5) is 0 Å². The Morgan fingerprint density at radius 1 is 0.434 bits per heavy atom. The van der Waals surface area contributed by atoms with Crippen molar-refractivity contribution in [3.8, 4) is 0 Å². The third-order valence-corrected chi connectivity index (χ3v) is 12.2. The minimum atomic E-state index is -4.04. The van der Waals surface area contributed by atoms with Crippen molar-refractivity contribution in [1.29, 1.82) is 0 Å². The summed E-state index contributed by atoms with van der Waals surface area (Å²) < 4.78 is 16.8. The molecule has 1 atom stereocenters. The Morgan fingerprint density at radius 2 is 0.698 bits per heavy atom. The van der Waals surface area contributed by atoms with Crippen LogP contribution in [0.15, 0.2) is 0 Å². The van der Waals surface area contributed by atoms with E-state index in [-0.39, 0.29) is 13.2 Å². The van der Waals surface area contributed by atoms with Gasteiger partial charge in [0.05, 0.1) is 31.3 Å². The Kier molecular flexibility index (Phi) is 38.0. The van der Waals surface area contributed by atoms with Crippen LogP contribution in [0.25, 0.3) is 0 Å². The summed E-state index contributed by atoms with van der Waals surface area (Å²) in [6.45, 7) is -4.27. The Labute approximate surface area is 337 Å². The molecule has 53 heavy (non-hydrogen) atoms. The molecule has 0 saturated heterocycles. The van der Waals surface area contributed by atoms with Crippen molar-refractivity contribution >= 4 is 37.1 Å². The van der Waals surface area contributed by atoms with E-state index in [1.165, 1.54) is 167 Å². The van der Waals surface area contributed by atoms with Crippen LogP contribution in [-0.2, 0) is 37.4 Å². The molecule has 0 aliphatic carbocycles. The molecule has 0 aromatic rings. The lowest BCUT2D eigenvalue weighted by atomic mass is 9.81. The summed E-state index contributed by atoms with van der Waals surface area (Å²) >= 11 is 9.38. The summed E-state index contributed by atoms with van der Waals surface area (Å²) in [5, 5.41) is 10.6. The minimum Gasteiger partial charge on any atom is -0.396 e. The summed E-state index contributed by atoms with van der Waals surface area (Å²) in [6, 6.07) is 0. The fourth-order valence-corrected chi connectivity index (χ4v) is 8.33. The van der Waals surface area contributed by atoms with Gasteiger partial charge in [0.2, 0.25) is 0 Å². The number of rotatable bonds is 43. The zero-order valence-electron chi connectivity index (χ0n) is 34.4. The molecule has 0 aromatic heterocycles. The molecule has 0 amide bonds. The molecule has 0 spiro atoms. The van der Waals surface area contributed by atoms with E-state index in [0.717, 1.165) is 38.5 Å². The van der Waals surface area contributed by atoms with Gasteiger partial charge in [-0.05, 0) is 36.5 Å². The second kappa shape index (κ2) is 37.3. The van der Waals surface area contributed by atoms with Gasteiger partial charge in [-0.15, -0.1) is 0 Å². The van der Waals surface area contributed by atoms with Gasteiger partial charge in [-0.25, -0.2) is 0 Å². The highest BCUT2D eigenvalue weighted by Gasteiger charge is 2.42. The van der Waals surface area contributed by atoms with E-state index in [2.05, 4.69) is 13.8 Å². The smallest absolute Gasteiger partial charge is 0.321 e. The Balaban J connectivity index is 4.60. The zero-order chi connectivity index (χ0) is 39.4. The van der Waals surface area contributed by atoms with Crippen LogP contribution in [0.2, 0.25) is 0 Å². The van der Waals surface area contributed by atoms with Crippen LogP contribution in [-0.4, -0.2) is 57.2 Å². The van der Waals surface area contributed by atoms with Crippen molar-refractivity contribution < 1.29 is 38.5 Å². The molecule has 0 heterocycles. The van der Waals surface area contributed by atoms with Crippen molar-refractivity contribution in [3.05, 3.63) is 0 Å². The molecular formula is C41H86O8P2S2. The molecule has 0 saturated carbocycles. The molecule has 8 nitrogen and oxygen atoms in total. The van der Waals surface area contributed by atoms with Crippen LogP contribution in [0.1, 0.15) is 226 Å². The standard InChI is InChI=1S/C41H86O8P2S2/c1-3-5-7-9-11-13-15-17-19-21-23-25-27-29-31-33-35-40(41(37-42,38-48-50(43,44)52)39-49-51(45,46)53)47-36-34-32-30-28-26-24-22-20-18-16-14-12-10-8-6-4-2/h40,42H,3-39H2,1-2H3,(H2,43,44,52)(H2,45,46,53). The molecule has 0 rings (SSSR count). The summed E-state index contributed by atoms with van der Waals surface area (Å²) in [7, 11) is 0. The molecule has 1 unspecified atom stereocenters. The van der Waals surface area contributed by atoms with Crippen LogP contribution >= 0.6 is 13.4 Å². The summed E-state index contributed by atoms with van der Waals surface area (Å²) in [5.74, 6) is 0. The summed E-state index contributed by atoms with van der Waals surface area (Å²) in [4.78, 5) is 39.3. The van der Waals surface area contributed by atoms with Gasteiger partial charge < -0.3 is 38.5 Å². The summed E-state index contributed by atoms with van der Waals surface area (Å²) in [6.07, 6.45) is 40.9. The lowest BCUT2D eigenvalue weighted by Gasteiger charge is -2.39. The number of unbranched alkanes of at least 4 members (excludes halogenated alkanes) is 30. The third-order valence-electron chi connectivity index (χ3n) is 10.7. The topological polar surface area (TPSA) is 129 Å². The predicted octanol–water partition coefficient (Wildman–Crippen LogP) is 12.7. The van der Waals surface area contributed by atoms with E-state index in [1.54, 1.807) is 0 Å². The molecule has 0 aliphatic heterocycles. The van der Waals surface area contributed by atoms with Gasteiger partial charge in [-0.3, -0.25) is 0 Å². The predicted molar refractivity (Wildman–Crippen MR) is 232 cm³/mol. The lowest BCUT2D eigenvalue weighted by molar-refractivity contribution is -0.111. The first-order chi connectivity index (χ1) is 25.5. The van der Waals surface area contributed by atoms with Gasteiger partial charge in [0.15, 0.2) is 0 Å². The number of ether oxygens (including phenoxy) is 1. The Morgan fingerprint density at radius 3 is 0.962 bits per heavy atom. The molecule has 0 radical (unpaired) electrons. The van der Waals surface area contributed by atoms with Gasteiger partial charge in [0.25, 0.3) is 0 Å². The quantitative estimate of drug-likeness (QED) is 0.0299. The van der Waals surface area contributed by atoms with Crippen molar-refractivity contribution in [3.63, 3.8) is 0 Å². The van der Waals surface area contributed by atoms with Crippen LogP contribution in [0.3, 0.4) is 0 Å². The maximum Gasteiger partial charge on any atom is 0.321 e. The van der Waals surface area contributed by atoms with Gasteiger partial charge >= 0.3 is 13.4 Å². The average Bonchev–Trinajstić information content (AvgIpc) is 3.11. The summed E-state index contributed by atoms with van der Waals surface area (Å²) in [5.41, 5.74) is -1.28. The van der Waals surface area contributed by atoms with Crippen LogP contribution in [0, 0.1) is 5.41 Å². The van der Waals surface area contributed by atoms with Crippen molar-refractivity contribution in [2.45, 2.75) is 232 Å². The van der Waals surface area contributed by atoms with Crippen molar-refractivity contribution in [2.24, 2.45) is 5.41 Å². The van der Waals surface area contributed by atoms with E-state index in [1.807, 2.05) is 0 Å².